The van der Waals surface area contributed by atoms with E-state index in [1.807, 2.05) is 30.3 Å². The van der Waals surface area contributed by atoms with E-state index in [9.17, 15) is 14.4 Å². The van der Waals surface area contributed by atoms with E-state index in [0.717, 1.165) is 16.9 Å². The van der Waals surface area contributed by atoms with Crippen molar-refractivity contribution < 1.29 is 19.1 Å². The molecule has 0 atom stereocenters. The molecule has 0 fully saturated rings. The van der Waals surface area contributed by atoms with Gasteiger partial charge in [0.15, 0.2) is 0 Å². The van der Waals surface area contributed by atoms with Crippen LogP contribution >= 0.6 is 11.3 Å². The Hall–Kier alpha value is -2.67. The van der Waals surface area contributed by atoms with Gasteiger partial charge in [0.2, 0.25) is 5.91 Å². The maximum absolute atomic E-state index is 12.5. The Bertz CT molecular complexity index is 799. The molecule has 0 saturated heterocycles. The van der Waals surface area contributed by atoms with Crippen molar-refractivity contribution in [2.45, 2.75) is 27.2 Å². The molecular weight excluding hydrogens is 352 g/mol. The van der Waals surface area contributed by atoms with E-state index < -0.39 is 5.97 Å². The molecule has 7 heteroatoms. The first-order valence-corrected chi connectivity index (χ1v) is 9.15. The molecule has 0 aliphatic rings. The maximum atomic E-state index is 12.5. The number of hydrogen-bond donors (Lipinski definition) is 2. The summed E-state index contributed by atoms with van der Waals surface area (Å²) >= 11 is 1.08. The fourth-order valence-electron chi connectivity index (χ4n) is 2.47. The highest BCUT2D eigenvalue weighted by Crippen LogP contribution is 2.33. The van der Waals surface area contributed by atoms with Crippen molar-refractivity contribution in [2.75, 3.05) is 18.5 Å². The van der Waals surface area contributed by atoms with Crippen LogP contribution in [0.15, 0.2) is 30.3 Å². The van der Waals surface area contributed by atoms with Gasteiger partial charge in [-0.3, -0.25) is 9.59 Å². The predicted molar refractivity (Wildman–Crippen MR) is 102 cm³/mol. The van der Waals surface area contributed by atoms with Gasteiger partial charge in [-0.2, -0.15) is 0 Å². The SMILES string of the molecule is CCOC(=O)c1c(NC(C)=O)sc(C(=O)NCCc2ccccc2)c1C. The first kappa shape index (κ1) is 19.7. The second-order valence-electron chi connectivity index (χ2n) is 5.65. The van der Waals surface area contributed by atoms with Crippen molar-refractivity contribution in [1.82, 2.24) is 5.32 Å². The van der Waals surface area contributed by atoms with E-state index in [4.69, 9.17) is 4.74 Å². The van der Waals surface area contributed by atoms with Gasteiger partial charge < -0.3 is 15.4 Å². The summed E-state index contributed by atoms with van der Waals surface area (Å²) in [4.78, 5) is 36.5. The first-order chi connectivity index (χ1) is 12.4. The number of thiophene rings is 1. The van der Waals surface area contributed by atoms with Crippen LogP contribution < -0.4 is 10.6 Å². The van der Waals surface area contributed by atoms with Gasteiger partial charge in [0.1, 0.15) is 5.00 Å². The van der Waals surface area contributed by atoms with Crippen LogP contribution in [0.3, 0.4) is 0 Å². The number of benzene rings is 1. The zero-order valence-electron chi connectivity index (χ0n) is 15.0. The zero-order chi connectivity index (χ0) is 19.1. The van der Waals surface area contributed by atoms with E-state index in [2.05, 4.69) is 10.6 Å². The monoisotopic (exact) mass is 374 g/mol. The molecule has 138 valence electrons. The molecule has 2 amide bonds. The van der Waals surface area contributed by atoms with Crippen LogP contribution in [0.25, 0.3) is 0 Å². The summed E-state index contributed by atoms with van der Waals surface area (Å²) in [6.07, 6.45) is 0.709. The number of ether oxygens (including phenoxy) is 1. The molecule has 1 aromatic carbocycles. The molecule has 0 saturated carbocycles. The summed E-state index contributed by atoms with van der Waals surface area (Å²) in [6.45, 7) is 5.43. The van der Waals surface area contributed by atoms with E-state index >= 15 is 0 Å². The van der Waals surface area contributed by atoms with Crippen LogP contribution in [0.2, 0.25) is 0 Å². The Labute approximate surface area is 156 Å². The highest BCUT2D eigenvalue weighted by molar-refractivity contribution is 7.18. The summed E-state index contributed by atoms with van der Waals surface area (Å²) in [5.74, 6) is -1.13. The Morgan fingerprint density at radius 3 is 2.46 bits per heavy atom. The van der Waals surface area contributed by atoms with E-state index in [1.165, 1.54) is 6.92 Å². The third kappa shape index (κ3) is 4.92. The second kappa shape index (κ2) is 9.15. The van der Waals surface area contributed by atoms with Gasteiger partial charge in [-0.25, -0.2) is 4.79 Å². The topological polar surface area (TPSA) is 84.5 Å². The lowest BCUT2D eigenvalue weighted by Gasteiger charge is -2.06. The Morgan fingerprint density at radius 1 is 1.15 bits per heavy atom. The van der Waals surface area contributed by atoms with E-state index in [-0.39, 0.29) is 24.0 Å². The van der Waals surface area contributed by atoms with Crippen LogP contribution in [0, 0.1) is 6.92 Å². The van der Waals surface area contributed by atoms with Crippen molar-refractivity contribution in [3.63, 3.8) is 0 Å². The number of rotatable bonds is 7. The molecule has 0 bridgehead atoms. The van der Waals surface area contributed by atoms with Crippen molar-refractivity contribution in [3.8, 4) is 0 Å². The minimum atomic E-state index is -0.548. The maximum Gasteiger partial charge on any atom is 0.341 e. The van der Waals surface area contributed by atoms with Gasteiger partial charge in [0.25, 0.3) is 5.91 Å². The summed E-state index contributed by atoms with van der Waals surface area (Å²) in [5, 5.41) is 5.80. The lowest BCUT2D eigenvalue weighted by atomic mass is 10.1. The standard InChI is InChI=1S/C19H22N2O4S/c1-4-25-19(24)15-12(2)16(26-18(15)21-13(3)22)17(23)20-11-10-14-8-6-5-7-9-14/h5-9H,4,10-11H2,1-3H3,(H,20,23)(H,21,22). The Morgan fingerprint density at radius 2 is 1.85 bits per heavy atom. The van der Waals surface area contributed by atoms with Crippen LogP contribution in [0.4, 0.5) is 5.00 Å². The van der Waals surface area contributed by atoms with Gasteiger partial charge in [-0.1, -0.05) is 30.3 Å². The summed E-state index contributed by atoms with van der Waals surface area (Å²) in [7, 11) is 0. The van der Waals surface area contributed by atoms with Crippen LogP contribution in [0.1, 0.15) is 45.0 Å². The van der Waals surface area contributed by atoms with Gasteiger partial charge in [-0.05, 0) is 31.4 Å². The van der Waals surface area contributed by atoms with Crippen LogP contribution in [-0.4, -0.2) is 30.9 Å². The third-order valence-electron chi connectivity index (χ3n) is 3.66. The second-order valence-corrected chi connectivity index (χ2v) is 6.67. The molecule has 0 aliphatic heterocycles. The smallest absolute Gasteiger partial charge is 0.341 e. The molecule has 2 rings (SSSR count). The quantitative estimate of drug-likeness (QED) is 0.729. The lowest BCUT2D eigenvalue weighted by molar-refractivity contribution is -0.114. The molecule has 1 aromatic heterocycles. The minimum Gasteiger partial charge on any atom is -0.462 e. The molecule has 2 N–H and O–H groups in total. The van der Waals surface area contributed by atoms with Crippen LogP contribution in [-0.2, 0) is 16.0 Å². The first-order valence-electron chi connectivity index (χ1n) is 8.34. The number of nitrogens with one attached hydrogen (secondary N) is 2. The normalized spacial score (nSPS) is 10.3. The van der Waals surface area contributed by atoms with Gasteiger partial charge >= 0.3 is 5.97 Å². The molecule has 2 aromatic rings. The molecule has 0 spiro atoms. The average Bonchev–Trinajstić information content (AvgIpc) is 2.91. The largest absolute Gasteiger partial charge is 0.462 e. The van der Waals surface area contributed by atoms with Gasteiger partial charge in [-0.15, -0.1) is 11.3 Å². The summed E-state index contributed by atoms with van der Waals surface area (Å²) in [6, 6.07) is 9.84. The van der Waals surface area contributed by atoms with Crippen molar-refractivity contribution in [2.24, 2.45) is 0 Å². The molecule has 26 heavy (non-hydrogen) atoms. The zero-order valence-corrected chi connectivity index (χ0v) is 15.9. The molecular formula is C19H22N2O4S. The Kier molecular flexibility index (Phi) is 6.91. The number of carbonyl (C=O) groups excluding carboxylic acids is 3. The average molecular weight is 374 g/mol. The summed E-state index contributed by atoms with van der Waals surface area (Å²) < 4.78 is 5.05. The fourth-order valence-corrected chi connectivity index (χ4v) is 3.63. The van der Waals surface area contributed by atoms with E-state index in [1.54, 1.807) is 13.8 Å². The molecule has 6 nitrogen and oxygen atoms in total. The van der Waals surface area contributed by atoms with Crippen LogP contribution in [0.5, 0.6) is 0 Å². The fraction of sp³-hybridized carbons (Fsp3) is 0.316. The van der Waals surface area contributed by atoms with Crippen molar-refractivity contribution in [1.29, 1.82) is 0 Å². The third-order valence-corrected chi connectivity index (χ3v) is 4.87. The van der Waals surface area contributed by atoms with Crippen molar-refractivity contribution >= 4 is 34.1 Å². The number of amides is 2. The highest BCUT2D eigenvalue weighted by atomic mass is 32.1. The number of carbonyl (C=O) groups is 3. The number of esters is 1. The highest BCUT2D eigenvalue weighted by Gasteiger charge is 2.26. The number of hydrogen-bond acceptors (Lipinski definition) is 5. The number of anilines is 1. The minimum absolute atomic E-state index is 0.215. The van der Waals surface area contributed by atoms with Crippen molar-refractivity contribution in [3.05, 3.63) is 51.9 Å². The van der Waals surface area contributed by atoms with E-state index in [0.29, 0.717) is 28.4 Å². The van der Waals surface area contributed by atoms with Gasteiger partial charge in [0.05, 0.1) is 17.0 Å². The molecule has 1 heterocycles. The van der Waals surface area contributed by atoms with Gasteiger partial charge in [0, 0.05) is 13.5 Å². The molecule has 0 radical (unpaired) electrons. The molecule has 0 unspecified atom stereocenters. The Balaban J connectivity index is 2.15. The summed E-state index contributed by atoms with van der Waals surface area (Å²) in [5.41, 5.74) is 1.87. The lowest BCUT2D eigenvalue weighted by Crippen LogP contribution is -2.25. The predicted octanol–water partition coefficient (Wildman–Crippen LogP) is 3.16. The molecule has 0 aliphatic carbocycles.